The maximum atomic E-state index is 2.46. The largest absolute Gasteiger partial charge is 0.0773 e. The van der Waals surface area contributed by atoms with Gasteiger partial charge in [0.25, 0.3) is 0 Å². The molecule has 0 bridgehead atoms. The van der Waals surface area contributed by atoms with E-state index in [0.29, 0.717) is 0 Å². The highest BCUT2D eigenvalue weighted by molar-refractivity contribution is 5.30. The van der Waals surface area contributed by atoms with Crippen molar-refractivity contribution in [3.63, 3.8) is 0 Å². The standard InChI is InChI=1S/C13H22/c1-4-6-7-12-8-9-13(10-12)11(3)5-2/h8-12H,4-7H2,1-3H3. The first kappa shape index (κ1) is 10.6. The number of hydrogen-bond acceptors (Lipinski definition) is 0. The van der Waals surface area contributed by atoms with Gasteiger partial charge in [-0.3, -0.25) is 0 Å². The van der Waals surface area contributed by atoms with Crippen LogP contribution >= 0.6 is 0 Å². The van der Waals surface area contributed by atoms with Gasteiger partial charge in [-0.1, -0.05) is 51.8 Å². The quantitative estimate of drug-likeness (QED) is 0.587. The monoisotopic (exact) mass is 178 g/mol. The second kappa shape index (κ2) is 5.26. The average molecular weight is 178 g/mol. The van der Waals surface area contributed by atoms with Crippen LogP contribution in [0.25, 0.3) is 0 Å². The molecule has 74 valence electrons. The summed E-state index contributed by atoms with van der Waals surface area (Å²) < 4.78 is 0. The lowest BCUT2D eigenvalue weighted by molar-refractivity contribution is 0.634. The van der Waals surface area contributed by atoms with Crippen molar-refractivity contribution in [2.24, 2.45) is 11.8 Å². The molecule has 0 aromatic carbocycles. The third-order valence-corrected chi connectivity index (χ3v) is 3.01. The zero-order chi connectivity index (χ0) is 9.68. The first-order valence-corrected chi connectivity index (χ1v) is 5.67. The van der Waals surface area contributed by atoms with Crippen LogP contribution in [0.5, 0.6) is 0 Å². The zero-order valence-electron chi connectivity index (χ0n) is 9.22. The second-order valence-electron chi connectivity index (χ2n) is 4.14. The molecule has 0 N–H and O–H groups in total. The molecule has 0 amide bonds. The van der Waals surface area contributed by atoms with Crippen LogP contribution in [0.15, 0.2) is 23.8 Å². The molecule has 0 aromatic heterocycles. The van der Waals surface area contributed by atoms with E-state index in [4.69, 9.17) is 0 Å². The Morgan fingerprint density at radius 2 is 2.15 bits per heavy atom. The Kier molecular flexibility index (Phi) is 4.27. The van der Waals surface area contributed by atoms with Gasteiger partial charge in [-0.2, -0.15) is 0 Å². The van der Waals surface area contributed by atoms with E-state index >= 15 is 0 Å². The summed E-state index contributed by atoms with van der Waals surface area (Å²) in [5.74, 6) is 1.49. The van der Waals surface area contributed by atoms with Crippen LogP contribution in [0.3, 0.4) is 0 Å². The SMILES string of the molecule is CCCCC1C=CC(C(C)CC)=C1. The van der Waals surface area contributed by atoms with Crippen molar-refractivity contribution in [1.82, 2.24) is 0 Å². The normalized spacial score (nSPS) is 23.3. The number of rotatable bonds is 5. The summed E-state index contributed by atoms with van der Waals surface area (Å²) in [6.07, 6.45) is 12.4. The average Bonchev–Trinajstić information content (AvgIpc) is 2.62. The highest BCUT2D eigenvalue weighted by Crippen LogP contribution is 2.27. The van der Waals surface area contributed by atoms with Crippen molar-refractivity contribution < 1.29 is 0 Å². The Morgan fingerprint density at radius 3 is 2.77 bits per heavy atom. The summed E-state index contributed by atoms with van der Waals surface area (Å²) in [7, 11) is 0. The van der Waals surface area contributed by atoms with Gasteiger partial charge in [-0.25, -0.2) is 0 Å². The Bertz CT molecular complexity index is 198. The number of unbranched alkanes of at least 4 members (excludes halogenated alkanes) is 1. The molecule has 2 unspecified atom stereocenters. The summed E-state index contributed by atoms with van der Waals surface area (Å²) in [6, 6.07) is 0. The maximum absolute atomic E-state index is 2.46. The predicted octanol–water partition coefficient (Wildman–Crippen LogP) is 4.34. The van der Waals surface area contributed by atoms with Gasteiger partial charge >= 0.3 is 0 Å². The first-order chi connectivity index (χ1) is 6.27. The topological polar surface area (TPSA) is 0 Å². The van der Waals surface area contributed by atoms with Crippen LogP contribution in [-0.4, -0.2) is 0 Å². The minimum Gasteiger partial charge on any atom is -0.0773 e. The molecule has 0 fully saturated rings. The Hall–Kier alpha value is -0.520. The van der Waals surface area contributed by atoms with E-state index < -0.39 is 0 Å². The number of hydrogen-bond donors (Lipinski definition) is 0. The van der Waals surface area contributed by atoms with Gasteiger partial charge in [0.1, 0.15) is 0 Å². The second-order valence-corrected chi connectivity index (χ2v) is 4.14. The van der Waals surface area contributed by atoms with E-state index in [0.717, 1.165) is 11.8 Å². The first-order valence-electron chi connectivity index (χ1n) is 5.67. The molecule has 0 saturated carbocycles. The summed E-state index contributed by atoms with van der Waals surface area (Å²) in [6.45, 7) is 6.84. The molecular formula is C13H22. The van der Waals surface area contributed by atoms with Crippen molar-refractivity contribution in [3.05, 3.63) is 23.8 Å². The van der Waals surface area contributed by atoms with Crippen LogP contribution in [0.2, 0.25) is 0 Å². The van der Waals surface area contributed by atoms with Crippen molar-refractivity contribution in [2.75, 3.05) is 0 Å². The van der Waals surface area contributed by atoms with E-state index in [1.165, 1.54) is 25.7 Å². The maximum Gasteiger partial charge on any atom is -0.00444 e. The lowest BCUT2D eigenvalue weighted by Crippen LogP contribution is -1.94. The molecule has 0 saturated heterocycles. The smallest absolute Gasteiger partial charge is 0.00444 e. The van der Waals surface area contributed by atoms with Gasteiger partial charge in [-0.05, 0) is 30.3 Å². The molecule has 0 nitrogen and oxygen atoms in total. The summed E-state index contributed by atoms with van der Waals surface area (Å²) in [5.41, 5.74) is 1.56. The Balaban J connectivity index is 2.40. The van der Waals surface area contributed by atoms with E-state index in [1.54, 1.807) is 5.57 Å². The molecule has 2 atom stereocenters. The van der Waals surface area contributed by atoms with Gasteiger partial charge < -0.3 is 0 Å². The fourth-order valence-corrected chi connectivity index (χ4v) is 1.78. The predicted molar refractivity (Wildman–Crippen MR) is 59.7 cm³/mol. The molecule has 0 spiro atoms. The molecule has 1 aliphatic carbocycles. The van der Waals surface area contributed by atoms with E-state index in [1.807, 2.05) is 0 Å². The zero-order valence-corrected chi connectivity index (χ0v) is 9.22. The van der Waals surface area contributed by atoms with Crippen LogP contribution in [0.4, 0.5) is 0 Å². The van der Waals surface area contributed by atoms with Crippen LogP contribution < -0.4 is 0 Å². The fourth-order valence-electron chi connectivity index (χ4n) is 1.78. The Labute approximate surface area is 82.7 Å². The lowest BCUT2D eigenvalue weighted by Gasteiger charge is -2.07. The summed E-state index contributed by atoms with van der Waals surface area (Å²) >= 11 is 0. The van der Waals surface area contributed by atoms with E-state index in [2.05, 4.69) is 39.0 Å². The molecule has 1 rings (SSSR count). The van der Waals surface area contributed by atoms with Crippen molar-refractivity contribution in [1.29, 1.82) is 0 Å². The van der Waals surface area contributed by atoms with E-state index in [-0.39, 0.29) is 0 Å². The molecule has 0 aliphatic heterocycles. The fraction of sp³-hybridized carbons (Fsp3) is 0.692. The van der Waals surface area contributed by atoms with Gasteiger partial charge in [0.05, 0.1) is 0 Å². The van der Waals surface area contributed by atoms with Crippen molar-refractivity contribution >= 4 is 0 Å². The molecule has 0 heterocycles. The highest BCUT2D eigenvalue weighted by atomic mass is 14.2. The third-order valence-electron chi connectivity index (χ3n) is 3.01. The third kappa shape index (κ3) is 3.02. The molecule has 0 heteroatoms. The van der Waals surface area contributed by atoms with Crippen LogP contribution in [0, 0.1) is 11.8 Å². The van der Waals surface area contributed by atoms with Gasteiger partial charge in [0.15, 0.2) is 0 Å². The van der Waals surface area contributed by atoms with Gasteiger partial charge in [0.2, 0.25) is 0 Å². The molecular weight excluding hydrogens is 156 g/mol. The summed E-state index contributed by atoms with van der Waals surface area (Å²) in [5, 5.41) is 0. The summed E-state index contributed by atoms with van der Waals surface area (Å²) in [4.78, 5) is 0. The molecule has 13 heavy (non-hydrogen) atoms. The highest BCUT2D eigenvalue weighted by Gasteiger charge is 2.12. The van der Waals surface area contributed by atoms with Crippen LogP contribution in [-0.2, 0) is 0 Å². The molecule has 1 aliphatic rings. The minimum absolute atomic E-state index is 0.740. The minimum atomic E-state index is 0.740. The number of allylic oxidation sites excluding steroid dienone is 4. The molecule has 0 aromatic rings. The van der Waals surface area contributed by atoms with Crippen LogP contribution in [0.1, 0.15) is 46.5 Å². The van der Waals surface area contributed by atoms with Gasteiger partial charge in [0, 0.05) is 0 Å². The Morgan fingerprint density at radius 1 is 1.38 bits per heavy atom. The van der Waals surface area contributed by atoms with Gasteiger partial charge in [-0.15, -0.1) is 0 Å². The van der Waals surface area contributed by atoms with Crippen molar-refractivity contribution in [2.45, 2.75) is 46.5 Å². The lowest BCUT2D eigenvalue weighted by atomic mass is 9.98. The van der Waals surface area contributed by atoms with Crippen molar-refractivity contribution in [3.8, 4) is 0 Å². The van der Waals surface area contributed by atoms with E-state index in [9.17, 15) is 0 Å². The molecule has 0 radical (unpaired) electrons.